The van der Waals surface area contributed by atoms with Crippen molar-refractivity contribution >= 4 is 25.7 Å². The van der Waals surface area contributed by atoms with Crippen LogP contribution in [0.15, 0.2) is 24.3 Å². The standard InChI is InChI=1S/C42H74NO11P/c1-3-5-7-9-11-13-15-17-19-21-23-25-40(45)51-33-38(54-41(46)26-24-22-20-18-16-14-12-10-8-6-4-2)34-52-55(49,50)53-35-39(42(47)48)43-32-31-36-27-29-37(44)30-28-36/h27-30,38-39,43-44H,3-26,31-35H2,1-2H3,(H,47,48)(H,49,50). The van der Waals surface area contributed by atoms with Gasteiger partial charge in [0.05, 0.1) is 13.2 Å². The number of aliphatic carboxylic acids is 1. The van der Waals surface area contributed by atoms with Crippen molar-refractivity contribution in [1.29, 1.82) is 0 Å². The summed E-state index contributed by atoms with van der Waals surface area (Å²) in [5.74, 6) is -2.15. The molecule has 0 radical (unpaired) electrons. The van der Waals surface area contributed by atoms with Crippen molar-refractivity contribution < 1.29 is 52.6 Å². The molecule has 55 heavy (non-hydrogen) atoms. The number of hydrogen-bond acceptors (Lipinski definition) is 10. The molecule has 0 aromatic heterocycles. The van der Waals surface area contributed by atoms with Crippen LogP contribution >= 0.6 is 7.82 Å². The molecule has 1 rings (SSSR count). The molecule has 0 fully saturated rings. The van der Waals surface area contributed by atoms with Gasteiger partial charge in [-0.3, -0.25) is 23.4 Å². The minimum atomic E-state index is -4.78. The number of carboxylic acids is 1. The van der Waals surface area contributed by atoms with Crippen molar-refractivity contribution in [1.82, 2.24) is 5.32 Å². The molecule has 3 unspecified atom stereocenters. The number of carbonyl (C=O) groups excluding carboxylic acids is 2. The summed E-state index contributed by atoms with van der Waals surface area (Å²) in [5, 5.41) is 21.8. The summed E-state index contributed by atoms with van der Waals surface area (Å²) in [7, 11) is -4.78. The van der Waals surface area contributed by atoms with E-state index in [1.54, 1.807) is 12.1 Å². The fourth-order valence-corrected chi connectivity index (χ4v) is 6.91. The van der Waals surface area contributed by atoms with E-state index >= 15 is 0 Å². The molecule has 0 aliphatic rings. The molecule has 3 atom stereocenters. The minimum absolute atomic E-state index is 0.117. The van der Waals surface area contributed by atoms with Crippen molar-refractivity contribution in [2.24, 2.45) is 0 Å². The maximum absolute atomic E-state index is 12.7. The van der Waals surface area contributed by atoms with E-state index < -0.39 is 51.1 Å². The molecule has 0 aliphatic heterocycles. The third-order valence-electron chi connectivity index (χ3n) is 9.56. The number of carboxylic acid groups (broad SMARTS) is 1. The first-order chi connectivity index (χ1) is 26.6. The quantitative estimate of drug-likeness (QED) is 0.0283. The highest BCUT2D eigenvalue weighted by atomic mass is 31.2. The molecule has 0 bridgehead atoms. The van der Waals surface area contributed by atoms with Gasteiger partial charge in [0.15, 0.2) is 6.10 Å². The van der Waals surface area contributed by atoms with Gasteiger partial charge in [-0.05, 0) is 37.0 Å². The third-order valence-corrected chi connectivity index (χ3v) is 10.5. The molecule has 318 valence electrons. The van der Waals surface area contributed by atoms with Gasteiger partial charge in [0.1, 0.15) is 18.4 Å². The van der Waals surface area contributed by atoms with E-state index in [9.17, 15) is 34.1 Å². The van der Waals surface area contributed by atoms with E-state index in [1.807, 2.05) is 0 Å². The summed E-state index contributed by atoms with van der Waals surface area (Å²) in [6.45, 7) is 3.05. The van der Waals surface area contributed by atoms with Gasteiger partial charge in [0, 0.05) is 19.4 Å². The van der Waals surface area contributed by atoms with Crippen LogP contribution in [0.2, 0.25) is 0 Å². The van der Waals surface area contributed by atoms with E-state index in [0.717, 1.165) is 44.1 Å². The number of phosphoric ester groups is 1. The van der Waals surface area contributed by atoms with Crippen LogP contribution in [0.5, 0.6) is 5.75 Å². The summed E-state index contributed by atoms with van der Waals surface area (Å²) < 4.78 is 33.7. The average Bonchev–Trinajstić information content (AvgIpc) is 3.15. The second-order valence-corrected chi connectivity index (χ2v) is 16.1. The molecular weight excluding hydrogens is 725 g/mol. The normalized spacial score (nSPS) is 13.6. The van der Waals surface area contributed by atoms with Gasteiger partial charge in [-0.15, -0.1) is 0 Å². The highest BCUT2D eigenvalue weighted by molar-refractivity contribution is 7.47. The number of aromatic hydroxyl groups is 1. The number of unbranched alkanes of at least 4 members (excludes halogenated alkanes) is 20. The number of phenols is 1. The van der Waals surface area contributed by atoms with Gasteiger partial charge < -0.3 is 29.9 Å². The van der Waals surface area contributed by atoms with Gasteiger partial charge in [-0.25, -0.2) is 4.57 Å². The molecule has 4 N–H and O–H groups in total. The number of benzene rings is 1. The van der Waals surface area contributed by atoms with Crippen LogP contribution in [0.1, 0.15) is 174 Å². The van der Waals surface area contributed by atoms with E-state index in [0.29, 0.717) is 19.3 Å². The van der Waals surface area contributed by atoms with Crippen molar-refractivity contribution in [3.63, 3.8) is 0 Å². The Bertz CT molecular complexity index is 1170. The Morgan fingerprint density at radius 1 is 0.636 bits per heavy atom. The van der Waals surface area contributed by atoms with Crippen LogP contribution in [0, 0.1) is 0 Å². The number of esters is 2. The van der Waals surface area contributed by atoms with Gasteiger partial charge in [0.25, 0.3) is 0 Å². The first-order valence-corrected chi connectivity index (χ1v) is 22.8. The Labute approximate surface area is 331 Å². The number of phenolic OH excluding ortho intramolecular Hbond substituents is 1. The largest absolute Gasteiger partial charge is 0.508 e. The van der Waals surface area contributed by atoms with Gasteiger partial charge in [-0.1, -0.05) is 154 Å². The van der Waals surface area contributed by atoms with Crippen LogP contribution in [0.4, 0.5) is 0 Å². The highest BCUT2D eigenvalue weighted by Gasteiger charge is 2.29. The predicted octanol–water partition coefficient (Wildman–Crippen LogP) is 9.97. The Morgan fingerprint density at radius 3 is 1.55 bits per heavy atom. The fourth-order valence-electron chi connectivity index (χ4n) is 6.14. The number of nitrogens with one attached hydrogen (secondary N) is 1. The topological polar surface area (TPSA) is 178 Å². The lowest BCUT2D eigenvalue weighted by atomic mass is 10.1. The number of phosphoric acid groups is 1. The van der Waals surface area contributed by atoms with Crippen molar-refractivity contribution in [2.75, 3.05) is 26.4 Å². The maximum Gasteiger partial charge on any atom is 0.472 e. The van der Waals surface area contributed by atoms with Crippen LogP contribution in [-0.2, 0) is 43.9 Å². The van der Waals surface area contributed by atoms with E-state index in [2.05, 4.69) is 19.2 Å². The summed E-state index contributed by atoms with van der Waals surface area (Å²) >= 11 is 0. The second kappa shape index (κ2) is 33.6. The Morgan fingerprint density at radius 2 is 1.07 bits per heavy atom. The molecule has 0 amide bonds. The van der Waals surface area contributed by atoms with E-state index in [1.165, 1.54) is 102 Å². The molecule has 0 saturated carbocycles. The third kappa shape index (κ3) is 30.3. The monoisotopic (exact) mass is 799 g/mol. The summed E-state index contributed by atoms with van der Waals surface area (Å²) in [4.78, 5) is 47.3. The van der Waals surface area contributed by atoms with Gasteiger partial charge in [0.2, 0.25) is 0 Å². The second-order valence-electron chi connectivity index (χ2n) is 14.7. The molecule has 12 nitrogen and oxygen atoms in total. The molecule has 1 aromatic rings. The lowest BCUT2D eigenvalue weighted by Gasteiger charge is -2.21. The molecule has 1 aromatic carbocycles. The Balaban J connectivity index is 2.52. The average molecular weight is 800 g/mol. The van der Waals surface area contributed by atoms with Crippen molar-refractivity contribution in [2.45, 2.75) is 187 Å². The fraction of sp³-hybridized carbons (Fsp3) is 0.786. The SMILES string of the molecule is CCCCCCCCCCCCCC(=O)OCC(COP(=O)(O)OCC(NCCc1ccc(O)cc1)C(=O)O)OC(=O)CCCCCCCCCCCCC. The molecular formula is C42H74NO11P. The highest BCUT2D eigenvalue weighted by Crippen LogP contribution is 2.43. The zero-order valence-electron chi connectivity index (χ0n) is 34.0. The lowest BCUT2D eigenvalue weighted by Crippen LogP contribution is -2.41. The minimum Gasteiger partial charge on any atom is -0.508 e. The lowest BCUT2D eigenvalue weighted by molar-refractivity contribution is -0.161. The van der Waals surface area contributed by atoms with Crippen LogP contribution < -0.4 is 5.32 Å². The van der Waals surface area contributed by atoms with Gasteiger partial charge >= 0.3 is 25.7 Å². The first-order valence-electron chi connectivity index (χ1n) is 21.3. The number of rotatable bonds is 38. The zero-order valence-corrected chi connectivity index (χ0v) is 34.9. The van der Waals surface area contributed by atoms with Gasteiger partial charge in [-0.2, -0.15) is 0 Å². The molecule has 13 heteroatoms. The summed E-state index contributed by atoms with van der Waals surface area (Å²) in [5.41, 5.74) is 0.857. The predicted molar refractivity (Wildman–Crippen MR) is 216 cm³/mol. The Hall–Kier alpha value is -2.50. The van der Waals surface area contributed by atoms with Crippen molar-refractivity contribution in [3.8, 4) is 5.75 Å². The smallest absolute Gasteiger partial charge is 0.472 e. The molecule has 0 saturated heterocycles. The number of ether oxygens (including phenoxy) is 2. The Kier molecular flexibility index (Phi) is 30.9. The molecule has 0 heterocycles. The number of hydrogen-bond donors (Lipinski definition) is 4. The van der Waals surface area contributed by atoms with Crippen LogP contribution in [-0.4, -0.2) is 71.5 Å². The maximum atomic E-state index is 12.7. The number of carbonyl (C=O) groups is 3. The van der Waals surface area contributed by atoms with Crippen LogP contribution in [0.25, 0.3) is 0 Å². The van der Waals surface area contributed by atoms with Crippen LogP contribution in [0.3, 0.4) is 0 Å². The first kappa shape index (κ1) is 50.5. The molecule has 0 aliphatic carbocycles. The molecule has 0 spiro atoms. The van der Waals surface area contributed by atoms with E-state index in [-0.39, 0.29) is 31.7 Å². The van der Waals surface area contributed by atoms with Crippen molar-refractivity contribution in [3.05, 3.63) is 29.8 Å². The summed E-state index contributed by atoms with van der Waals surface area (Å²) in [6, 6.07) is 5.15. The summed E-state index contributed by atoms with van der Waals surface area (Å²) in [6.07, 6.45) is 24.9. The van der Waals surface area contributed by atoms with E-state index in [4.69, 9.17) is 18.5 Å². The zero-order chi connectivity index (χ0) is 40.4.